The van der Waals surface area contributed by atoms with Crippen LogP contribution < -0.4 is 5.32 Å². The van der Waals surface area contributed by atoms with Crippen molar-refractivity contribution in [3.63, 3.8) is 0 Å². The smallest absolute Gasteiger partial charge is 0.0705 e. The summed E-state index contributed by atoms with van der Waals surface area (Å²) >= 11 is 0. The van der Waals surface area contributed by atoms with Crippen LogP contribution in [-0.4, -0.2) is 19.2 Å². The third kappa shape index (κ3) is 1.46. The van der Waals surface area contributed by atoms with E-state index in [2.05, 4.69) is 12.4 Å². The molecule has 0 aromatic heterocycles. The van der Waals surface area contributed by atoms with Gasteiger partial charge in [-0.2, -0.15) is 0 Å². The van der Waals surface area contributed by atoms with Crippen LogP contribution in [0.3, 0.4) is 0 Å². The maximum Gasteiger partial charge on any atom is 0.0705 e. The van der Waals surface area contributed by atoms with Gasteiger partial charge in [0.1, 0.15) is 0 Å². The maximum absolute atomic E-state index is 4.88. The van der Waals surface area contributed by atoms with Gasteiger partial charge in [-0.1, -0.05) is 0 Å². The molecule has 8 heavy (non-hydrogen) atoms. The molecule has 1 rings (SSSR count). The fourth-order valence-electron chi connectivity index (χ4n) is 0.962. The van der Waals surface area contributed by atoms with E-state index in [0.29, 0.717) is 6.10 Å². The minimum Gasteiger partial charge on any atom is -0.375 e. The second-order valence-corrected chi connectivity index (χ2v) is 2.14. The summed E-state index contributed by atoms with van der Waals surface area (Å²) < 4.78 is 4.88. The Kier molecular flexibility index (Phi) is 2.30. The Bertz CT molecular complexity index is 59.5. The number of hydrogen-bond donors (Lipinski definition) is 1. The van der Waals surface area contributed by atoms with E-state index in [-0.39, 0.29) is 0 Å². The van der Waals surface area contributed by atoms with Crippen molar-refractivity contribution in [1.29, 1.82) is 0 Å². The summed E-state index contributed by atoms with van der Waals surface area (Å²) in [6, 6.07) is 0. The zero-order chi connectivity index (χ0) is 5.82. The molecule has 1 aliphatic rings. The zero-order valence-electron chi connectivity index (χ0n) is 5.02. The van der Waals surface area contributed by atoms with E-state index in [1.165, 1.54) is 6.42 Å². The van der Waals surface area contributed by atoms with Gasteiger partial charge in [0.15, 0.2) is 0 Å². The zero-order valence-corrected chi connectivity index (χ0v) is 5.02. The molecular formula is C6H12NO. The van der Waals surface area contributed by atoms with Crippen LogP contribution in [0.15, 0.2) is 0 Å². The van der Waals surface area contributed by atoms with E-state index in [9.17, 15) is 0 Å². The van der Waals surface area contributed by atoms with Gasteiger partial charge in [0, 0.05) is 6.54 Å². The Morgan fingerprint density at radius 2 is 2.50 bits per heavy atom. The van der Waals surface area contributed by atoms with Gasteiger partial charge in [-0.3, -0.25) is 0 Å². The van der Waals surface area contributed by atoms with Crippen molar-refractivity contribution in [2.45, 2.75) is 18.9 Å². The number of rotatable bonds is 1. The first-order chi connectivity index (χ1) is 3.93. The summed E-state index contributed by atoms with van der Waals surface area (Å²) in [6.45, 7) is 2.11. The van der Waals surface area contributed by atoms with Crippen molar-refractivity contribution in [3.05, 3.63) is 7.11 Å². The van der Waals surface area contributed by atoms with Gasteiger partial charge in [-0.25, -0.2) is 0 Å². The lowest BCUT2D eigenvalue weighted by Crippen LogP contribution is -2.34. The van der Waals surface area contributed by atoms with Crippen LogP contribution in [0.4, 0.5) is 0 Å². The Hall–Kier alpha value is -0.0800. The minimum absolute atomic E-state index is 0.365. The van der Waals surface area contributed by atoms with Crippen molar-refractivity contribution in [1.82, 2.24) is 5.32 Å². The van der Waals surface area contributed by atoms with Crippen molar-refractivity contribution < 1.29 is 4.74 Å². The number of ether oxygens (including phenoxy) is 1. The van der Waals surface area contributed by atoms with Crippen LogP contribution in [0.5, 0.6) is 0 Å². The maximum atomic E-state index is 4.88. The molecule has 0 aromatic carbocycles. The Labute approximate surface area is 50.2 Å². The minimum atomic E-state index is 0.365. The van der Waals surface area contributed by atoms with Gasteiger partial charge in [0.25, 0.3) is 0 Å². The van der Waals surface area contributed by atoms with Gasteiger partial charge < -0.3 is 10.1 Å². The summed E-state index contributed by atoms with van der Waals surface area (Å²) in [5.74, 6) is 0. The van der Waals surface area contributed by atoms with Crippen LogP contribution in [0.25, 0.3) is 0 Å². The molecule has 0 amide bonds. The number of piperidine rings is 1. The molecular weight excluding hydrogens is 102 g/mol. The van der Waals surface area contributed by atoms with E-state index in [1.807, 2.05) is 0 Å². The molecule has 1 fully saturated rings. The molecule has 1 aliphatic heterocycles. The van der Waals surface area contributed by atoms with Crippen molar-refractivity contribution in [2.75, 3.05) is 13.1 Å². The molecule has 0 aliphatic carbocycles. The summed E-state index contributed by atoms with van der Waals surface area (Å²) in [6.07, 6.45) is 2.75. The lowest BCUT2D eigenvalue weighted by Gasteiger charge is -2.20. The fourth-order valence-corrected chi connectivity index (χ4v) is 0.962. The molecule has 1 saturated heterocycles. The predicted molar refractivity (Wildman–Crippen MR) is 32.3 cm³/mol. The first kappa shape index (κ1) is 6.05. The van der Waals surface area contributed by atoms with E-state index in [1.54, 1.807) is 0 Å². The molecule has 0 aromatic rings. The second-order valence-electron chi connectivity index (χ2n) is 2.14. The second kappa shape index (κ2) is 3.05. The average molecular weight is 114 g/mol. The van der Waals surface area contributed by atoms with Crippen LogP contribution >= 0.6 is 0 Å². The Morgan fingerprint density at radius 3 is 2.88 bits per heavy atom. The highest BCUT2D eigenvalue weighted by Gasteiger charge is 2.09. The molecule has 1 heterocycles. The summed E-state index contributed by atoms with van der Waals surface area (Å²) in [7, 11) is 3.37. The molecule has 2 nitrogen and oxygen atoms in total. The highest BCUT2D eigenvalue weighted by Crippen LogP contribution is 2.03. The number of hydrogen-bond acceptors (Lipinski definition) is 2. The third-order valence-corrected chi connectivity index (χ3v) is 1.49. The number of nitrogens with one attached hydrogen (secondary N) is 1. The summed E-state index contributed by atoms with van der Waals surface area (Å²) in [5, 5.41) is 3.22. The normalized spacial score (nSPS) is 30.4. The van der Waals surface area contributed by atoms with Crippen molar-refractivity contribution >= 4 is 0 Å². The SMILES string of the molecule is [CH2]OC1CCCNC1. The van der Waals surface area contributed by atoms with Gasteiger partial charge in [0.2, 0.25) is 0 Å². The molecule has 1 unspecified atom stereocenters. The molecule has 1 N–H and O–H groups in total. The van der Waals surface area contributed by atoms with E-state index >= 15 is 0 Å². The summed E-state index contributed by atoms with van der Waals surface area (Å²) in [5.41, 5.74) is 0. The third-order valence-electron chi connectivity index (χ3n) is 1.49. The quantitative estimate of drug-likeness (QED) is 0.537. The fraction of sp³-hybridized carbons (Fsp3) is 0.833. The molecule has 1 atom stereocenters. The van der Waals surface area contributed by atoms with Gasteiger partial charge in [-0.05, 0) is 19.4 Å². The molecule has 47 valence electrons. The highest BCUT2D eigenvalue weighted by molar-refractivity contribution is 4.67. The lowest BCUT2D eigenvalue weighted by molar-refractivity contribution is 0.112. The first-order valence-corrected chi connectivity index (χ1v) is 3.05. The van der Waals surface area contributed by atoms with Gasteiger partial charge >= 0.3 is 0 Å². The molecule has 2 heteroatoms. The monoisotopic (exact) mass is 114 g/mol. The van der Waals surface area contributed by atoms with Crippen molar-refractivity contribution in [2.24, 2.45) is 0 Å². The van der Waals surface area contributed by atoms with E-state index < -0.39 is 0 Å². The van der Waals surface area contributed by atoms with Crippen LogP contribution in [0, 0.1) is 7.11 Å². The Balaban J connectivity index is 2.13. The Morgan fingerprint density at radius 1 is 1.62 bits per heavy atom. The molecule has 0 spiro atoms. The largest absolute Gasteiger partial charge is 0.375 e. The predicted octanol–water partition coefficient (Wildman–Crippen LogP) is 0.547. The summed E-state index contributed by atoms with van der Waals surface area (Å²) in [4.78, 5) is 0. The van der Waals surface area contributed by atoms with Crippen LogP contribution in [0.1, 0.15) is 12.8 Å². The van der Waals surface area contributed by atoms with E-state index in [0.717, 1.165) is 19.5 Å². The van der Waals surface area contributed by atoms with E-state index in [4.69, 9.17) is 4.74 Å². The molecule has 0 bridgehead atoms. The van der Waals surface area contributed by atoms with Crippen LogP contribution in [0.2, 0.25) is 0 Å². The average Bonchev–Trinajstić information content (AvgIpc) is 1.90. The van der Waals surface area contributed by atoms with Gasteiger partial charge in [0.05, 0.1) is 13.2 Å². The lowest BCUT2D eigenvalue weighted by atomic mass is 10.1. The van der Waals surface area contributed by atoms with Crippen LogP contribution in [-0.2, 0) is 4.74 Å². The van der Waals surface area contributed by atoms with Gasteiger partial charge in [-0.15, -0.1) is 0 Å². The standard InChI is InChI=1S/C6H12NO/c1-8-6-3-2-4-7-5-6/h6-7H,1-5H2. The molecule has 1 radical (unpaired) electrons. The first-order valence-electron chi connectivity index (χ1n) is 3.05. The highest BCUT2D eigenvalue weighted by atomic mass is 16.5. The topological polar surface area (TPSA) is 21.3 Å². The molecule has 0 saturated carbocycles. The van der Waals surface area contributed by atoms with Crippen molar-refractivity contribution in [3.8, 4) is 0 Å².